The molecule has 5 aromatic carbocycles. The van der Waals surface area contributed by atoms with Crippen molar-refractivity contribution in [2.24, 2.45) is 5.92 Å². The Bertz CT molecular complexity index is 3030. The minimum atomic E-state index is -4.08. The van der Waals surface area contributed by atoms with Gasteiger partial charge in [0, 0.05) is 47.5 Å². The van der Waals surface area contributed by atoms with Crippen LogP contribution in [-0.4, -0.2) is 71.9 Å². The molecule has 12 heteroatoms. The van der Waals surface area contributed by atoms with Crippen molar-refractivity contribution in [1.82, 2.24) is 0 Å². The summed E-state index contributed by atoms with van der Waals surface area (Å²) in [5.74, 6) is -1.46. The van der Waals surface area contributed by atoms with Crippen LogP contribution in [0.1, 0.15) is 106 Å². The molecule has 0 saturated heterocycles. The maximum absolute atomic E-state index is 12.0. The first-order valence-electron chi connectivity index (χ1n) is 22.7. The van der Waals surface area contributed by atoms with E-state index >= 15 is 0 Å². The first-order chi connectivity index (χ1) is 30.8. The smallest absolute Gasteiger partial charge is 0.335 e. The average molecular weight is 916 g/mol. The van der Waals surface area contributed by atoms with Crippen LogP contribution in [0, 0.1) is 5.92 Å². The third-order valence-electron chi connectivity index (χ3n) is 13.8. The molecule has 1 unspecified atom stereocenters. The summed E-state index contributed by atoms with van der Waals surface area (Å²) in [6.07, 6.45) is 12.1. The monoisotopic (exact) mass is 915 g/mol. The summed E-state index contributed by atoms with van der Waals surface area (Å²) >= 11 is 0. The number of hydrogen-bond acceptors (Lipinski definition) is 6. The largest absolute Gasteiger partial charge is 0.478 e. The van der Waals surface area contributed by atoms with E-state index in [-0.39, 0.29) is 28.4 Å². The molecule has 3 N–H and O–H groups in total. The lowest BCUT2D eigenvalue weighted by atomic mass is 9.75. The van der Waals surface area contributed by atoms with Gasteiger partial charge in [0.1, 0.15) is 6.54 Å². The highest BCUT2D eigenvalue weighted by atomic mass is 32.2. The number of carbonyl (C=O) groups is 1. The number of hydrogen-bond donors (Lipinski definition) is 3. The highest BCUT2D eigenvalue weighted by Crippen LogP contribution is 2.52. The molecule has 2 heterocycles. The Balaban J connectivity index is 1.21. The van der Waals surface area contributed by atoms with Gasteiger partial charge in [-0.2, -0.15) is 21.4 Å². The topological polar surface area (TPSA) is 152 Å². The summed E-state index contributed by atoms with van der Waals surface area (Å²) in [5, 5.41) is 14.5. The van der Waals surface area contributed by atoms with Crippen LogP contribution >= 0.6 is 0 Å². The lowest BCUT2D eigenvalue weighted by Crippen LogP contribution is -2.28. The van der Waals surface area contributed by atoms with Crippen molar-refractivity contribution in [2.45, 2.75) is 89.9 Å². The number of benzene rings is 5. The molecule has 0 radical (unpaired) electrons. The molecule has 2 aliphatic heterocycles. The molecule has 8 rings (SSSR count). The first kappa shape index (κ1) is 46.1. The van der Waals surface area contributed by atoms with E-state index in [1.54, 1.807) is 12.1 Å². The van der Waals surface area contributed by atoms with E-state index in [9.17, 15) is 35.8 Å². The van der Waals surface area contributed by atoms with Crippen molar-refractivity contribution in [3.8, 4) is 0 Å². The van der Waals surface area contributed by atoms with Gasteiger partial charge in [0.15, 0.2) is 5.71 Å². The molecule has 5 aromatic rings. The number of allylic oxidation sites excluding steroid dienone is 6. The van der Waals surface area contributed by atoms with Crippen LogP contribution in [0.25, 0.3) is 27.1 Å². The van der Waals surface area contributed by atoms with Gasteiger partial charge in [-0.3, -0.25) is 9.11 Å². The SMILES string of the molecule is CC1(C)C(=CCC2CCCC(C=CC3=[N+](CCCCS(=O)(=O)O)c4ccc5ccccc5c4C3(C)C)=C2c2ccc(C(=O)O)cc2)N(CCCCS(=O)(=O)O)c2ccc3ccccc3c21. The molecule has 0 amide bonds. The molecule has 3 aliphatic rings. The highest BCUT2D eigenvalue weighted by molar-refractivity contribution is 7.86. The molecular weight excluding hydrogens is 857 g/mol. The fourth-order valence-electron chi connectivity index (χ4n) is 10.9. The predicted molar refractivity (Wildman–Crippen MR) is 262 cm³/mol. The molecule has 0 saturated carbocycles. The number of anilines is 1. The van der Waals surface area contributed by atoms with Gasteiger partial charge in [-0.15, -0.1) is 0 Å². The fraction of sp³-hybridized carbons (Fsp3) is 0.358. The van der Waals surface area contributed by atoms with E-state index in [1.807, 2.05) is 24.3 Å². The second-order valence-corrected chi connectivity index (χ2v) is 22.0. The number of fused-ring (bicyclic) bond motifs is 6. The fourth-order valence-corrected chi connectivity index (χ4v) is 12.0. The molecular formula is C53H59N2O8S2+. The van der Waals surface area contributed by atoms with Crippen molar-refractivity contribution in [2.75, 3.05) is 29.5 Å². The van der Waals surface area contributed by atoms with Crippen molar-refractivity contribution in [3.05, 3.63) is 149 Å². The van der Waals surface area contributed by atoms with E-state index in [4.69, 9.17) is 0 Å². The van der Waals surface area contributed by atoms with Crippen LogP contribution in [-0.2, 0) is 31.1 Å². The zero-order valence-electron chi connectivity index (χ0n) is 37.6. The van der Waals surface area contributed by atoms with Gasteiger partial charge in [-0.1, -0.05) is 92.7 Å². The van der Waals surface area contributed by atoms with Crippen molar-refractivity contribution >= 4 is 70.4 Å². The number of aromatic carboxylic acids is 1. The Labute approximate surface area is 383 Å². The molecule has 1 aliphatic carbocycles. The Morgan fingerprint density at radius 1 is 0.738 bits per heavy atom. The van der Waals surface area contributed by atoms with Crippen LogP contribution in [0.4, 0.5) is 11.4 Å². The minimum Gasteiger partial charge on any atom is -0.478 e. The molecule has 0 aromatic heterocycles. The normalized spacial score (nSPS) is 19.0. The summed E-state index contributed by atoms with van der Waals surface area (Å²) in [6, 6.07) is 32.6. The van der Waals surface area contributed by atoms with E-state index < -0.39 is 31.6 Å². The molecule has 340 valence electrons. The zero-order chi connectivity index (χ0) is 46.3. The van der Waals surface area contributed by atoms with E-state index in [1.165, 1.54) is 33.0 Å². The Morgan fingerprint density at radius 3 is 2.00 bits per heavy atom. The van der Waals surface area contributed by atoms with Crippen molar-refractivity contribution in [3.63, 3.8) is 0 Å². The Kier molecular flexibility index (Phi) is 12.9. The second kappa shape index (κ2) is 18.1. The van der Waals surface area contributed by atoms with Crippen molar-refractivity contribution < 1.29 is 40.4 Å². The van der Waals surface area contributed by atoms with E-state index in [0.29, 0.717) is 38.8 Å². The summed E-state index contributed by atoms with van der Waals surface area (Å²) in [7, 11) is -8.16. The van der Waals surface area contributed by atoms with Crippen LogP contribution in [0.5, 0.6) is 0 Å². The maximum Gasteiger partial charge on any atom is 0.335 e. The third kappa shape index (κ3) is 9.50. The Hall–Kier alpha value is -5.40. The molecule has 0 spiro atoms. The summed E-state index contributed by atoms with van der Waals surface area (Å²) < 4.78 is 67.9. The van der Waals surface area contributed by atoms with Crippen molar-refractivity contribution in [1.29, 1.82) is 0 Å². The third-order valence-corrected chi connectivity index (χ3v) is 15.4. The maximum atomic E-state index is 12.0. The molecule has 1 atom stereocenters. The lowest BCUT2D eigenvalue weighted by molar-refractivity contribution is -0.438. The summed E-state index contributed by atoms with van der Waals surface area (Å²) in [6.45, 7) is 10.2. The number of unbranched alkanes of at least 4 members (excludes halogenated alkanes) is 2. The van der Waals surface area contributed by atoms with Gasteiger partial charge >= 0.3 is 5.97 Å². The number of rotatable bonds is 16. The number of nitrogens with zero attached hydrogens (tertiary/aromatic N) is 2. The predicted octanol–water partition coefficient (Wildman–Crippen LogP) is 11.3. The standard InChI is InChI=1S/C53H58N2O8S2/c1-52(2)46(54(32-9-11-34-64(58,59)60)44-28-24-36-14-5-7-18-42(36)49(44)52)30-26-38-16-13-17-39(48(38)40-20-22-41(23-21-40)51(56)57)27-31-47-53(3,4)50-43-19-8-6-15-37(43)25-29-45(50)55(47)33-10-12-35-65(61,62)63/h5-8,14-15,18-26,28-31,39H,9-13,16-17,27,32-35H2,1-4H3,(H2-,56,57,58,59,60,61,62,63)/p+1. The number of carboxylic acid groups (broad SMARTS) is 1. The van der Waals surface area contributed by atoms with Gasteiger partial charge in [-0.05, 0) is 133 Å². The van der Waals surface area contributed by atoms with Gasteiger partial charge < -0.3 is 10.0 Å². The van der Waals surface area contributed by atoms with Gasteiger partial charge in [0.2, 0.25) is 5.69 Å². The molecule has 10 nitrogen and oxygen atoms in total. The summed E-state index contributed by atoms with van der Waals surface area (Å²) in [4.78, 5) is 14.3. The van der Waals surface area contributed by atoms with E-state index in [2.05, 4.69) is 116 Å². The quantitative estimate of drug-likeness (QED) is 0.0499. The summed E-state index contributed by atoms with van der Waals surface area (Å²) in [5.41, 5.74) is 9.66. The van der Waals surface area contributed by atoms with Gasteiger partial charge in [0.05, 0.1) is 22.5 Å². The lowest BCUT2D eigenvalue weighted by Gasteiger charge is -2.31. The minimum absolute atomic E-state index is 0.100. The Morgan fingerprint density at radius 2 is 1.35 bits per heavy atom. The zero-order valence-corrected chi connectivity index (χ0v) is 39.3. The molecule has 0 fully saturated rings. The van der Waals surface area contributed by atoms with E-state index in [0.717, 1.165) is 64.8 Å². The number of carboxylic acids is 1. The van der Waals surface area contributed by atoms with Crippen LogP contribution < -0.4 is 4.90 Å². The van der Waals surface area contributed by atoms with Crippen LogP contribution in [0.15, 0.2) is 127 Å². The van der Waals surface area contributed by atoms with Crippen LogP contribution in [0.3, 0.4) is 0 Å². The second-order valence-electron chi connectivity index (χ2n) is 18.9. The van der Waals surface area contributed by atoms with Crippen LogP contribution in [0.2, 0.25) is 0 Å². The highest BCUT2D eigenvalue weighted by Gasteiger charge is 2.46. The van der Waals surface area contributed by atoms with Gasteiger partial charge in [0.25, 0.3) is 20.2 Å². The van der Waals surface area contributed by atoms with Gasteiger partial charge in [-0.25, -0.2) is 4.79 Å². The molecule has 65 heavy (non-hydrogen) atoms. The first-order valence-corrected chi connectivity index (χ1v) is 25.9. The molecule has 0 bridgehead atoms. The average Bonchev–Trinajstić information content (AvgIpc) is 3.62.